The number of methoxy groups -OCH3 is 1. The number of halogens is 1. The number of carbonyl (C=O) groups is 1. The second-order valence-electron chi connectivity index (χ2n) is 4.34. The van der Waals surface area contributed by atoms with Gasteiger partial charge in [0.2, 0.25) is 0 Å². The Balaban J connectivity index is 1.87. The minimum Gasteiger partial charge on any atom is -0.496 e. The van der Waals surface area contributed by atoms with Crippen molar-refractivity contribution >= 4 is 21.8 Å². The molecule has 0 saturated carbocycles. The van der Waals surface area contributed by atoms with Gasteiger partial charge in [0, 0.05) is 12.1 Å². The molecule has 0 heterocycles. The van der Waals surface area contributed by atoms with Crippen molar-refractivity contribution < 1.29 is 9.53 Å². The summed E-state index contributed by atoms with van der Waals surface area (Å²) in [6.07, 6.45) is 0.779. The molecule has 0 atom stereocenters. The van der Waals surface area contributed by atoms with E-state index in [1.165, 1.54) is 0 Å². The number of nitrogens with one attached hydrogen (secondary N) is 1. The lowest BCUT2D eigenvalue weighted by Gasteiger charge is -2.08. The number of ether oxygens (including phenoxy) is 1. The third kappa shape index (κ3) is 3.84. The van der Waals surface area contributed by atoms with Crippen LogP contribution < -0.4 is 10.1 Å². The van der Waals surface area contributed by atoms with Gasteiger partial charge in [0.05, 0.1) is 11.6 Å². The molecule has 1 amide bonds. The summed E-state index contributed by atoms with van der Waals surface area (Å²) in [5.41, 5.74) is 1.83. The van der Waals surface area contributed by atoms with Crippen LogP contribution in [0.3, 0.4) is 0 Å². The lowest BCUT2D eigenvalue weighted by atomic mass is 10.1. The van der Waals surface area contributed by atoms with Crippen molar-refractivity contribution in [3.63, 3.8) is 0 Å². The molecule has 0 unspecified atom stereocenters. The third-order valence-electron chi connectivity index (χ3n) is 2.95. The van der Waals surface area contributed by atoms with Crippen LogP contribution in [0.5, 0.6) is 5.75 Å². The first-order valence-corrected chi connectivity index (χ1v) is 7.15. The number of hydrogen-bond acceptors (Lipinski definition) is 2. The predicted octanol–water partition coefficient (Wildman–Crippen LogP) is 3.43. The Morgan fingerprint density at radius 1 is 1.20 bits per heavy atom. The summed E-state index contributed by atoms with van der Waals surface area (Å²) >= 11 is 3.45. The molecule has 0 spiro atoms. The van der Waals surface area contributed by atoms with E-state index in [-0.39, 0.29) is 5.91 Å². The standard InChI is InChI=1S/C16H16BrNO2/c1-20-15-8-7-12(11-14(15)17)9-10-18-16(19)13-5-3-2-4-6-13/h2-8,11H,9-10H2,1H3,(H,18,19). The van der Waals surface area contributed by atoms with E-state index in [1.54, 1.807) is 19.2 Å². The lowest BCUT2D eigenvalue weighted by Crippen LogP contribution is -2.25. The van der Waals surface area contributed by atoms with Gasteiger partial charge in [-0.2, -0.15) is 0 Å². The fourth-order valence-corrected chi connectivity index (χ4v) is 2.47. The Labute approximate surface area is 127 Å². The van der Waals surface area contributed by atoms with E-state index in [0.717, 1.165) is 22.2 Å². The summed E-state index contributed by atoms with van der Waals surface area (Å²) in [4.78, 5) is 11.9. The lowest BCUT2D eigenvalue weighted by molar-refractivity contribution is 0.0954. The van der Waals surface area contributed by atoms with Crippen LogP contribution >= 0.6 is 15.9 Å². The van der Waals surface area contributed by atoms with Crippen molar-refractivity contribution in [3.8, 4) is 5.75 Å². The second kappa shape index (κ2) is 7.10. The fourth-order valence-electron chi connectivity index (χ4n) is 1.88. The SMILES string of the molecule is COc1ccc(CCNC(=O)c2ccccc2)cc1Br. The minimum absolute atomic E-state index is 0.0434. The van der Waals surface area contributed by atoms with Crippen molar-refractivity contribution in [1.29, 1.82) is 0 Å². The van der Waals surface area contributed by atoms with E-state index in [1.807, 2.05) is 36.4 Å². The van der Waals surface area contributed by atoms with Crippen LogP contribution in [0.2, 0.25) is 0 Å². The molecule has 20 heavy (non-hydrogen) atoms. The average Bonchev–Trinajstić information content (AvgIpc) is 2.48. The molecule has 0 aliphatic carbocycles. The van der Waals surface area contributed by atoms with Crippen LogP contribution in [0.25, 0.3) is 0 Å². The van der Waals surface area contributed by atoms with Gasteiger partial charge in [-0.1, -0.05) is 24.3 Å². The molecule has 2 aromatic rings. The zero-order valence-corrected chi connectivity index (χ0v) is 12.8. The molecule has 2 rings (SSSR count). The third-order valence-corrected chi connectivity index (χ3v) is 3.57. The highest BCUT2D eigenvalue weighted by molar-refractivity contribution is 9.10. The normalized spacial score (nSPS) is 10.1. The Morgan fingerprint density at radius 2 is 1.95 bits per heavy atom. The molecule has 0 aromatic heterocycles. The van der Waals surface area contributed by atoms with Crippen LogP contribution in [-0.4, -0.2) is 19.6 Å². The van der Waals surface area contributed by atoms with Crippen molar-refractivity contribution in [1.82, 2.24) is 5.32 Å². The number of amides is 1. The maximum Gasteiger partial charge on any atom is 0.251 e. The van der Waals surface area contributed by atoms with E-state index in [2.05, 4.69) is 21.2 Å². The van der Waals surface area contributed by atoms with Crippen LogP contribution in [0, 0.1) is 0 Å². The van der Waals surface area contributed by atoms with Crippen LogP contribution in [0.4, 0.5) is 0 Å². The van der Waals surface area contributed by atoms with Gasteiger partial charge in [0.1, 0.15) is 5.75 Å². The van der Waals surface area contributed by atoms with E-state index in [4.69, 9.17) is 4.74 Å². The Morgan fingerprint density at radius 3 is 2.60 bits per heavy atom. The van der Waals surface area contributed by atoms with Crippen LogP contribution in [0.15, 0.2) is 53.0 Å². The molecule has 0 radical (unpaired) electrons. The quantitative estimate of drug-likeness (QED) is 0.910. The molecule has 0 fully saturated rings. The summed E-state index contributed by atoms with van der Waals surface area (Å²) in [5.74, 6) is 0.764. The van der Waals surface area contributed by atoms with E-state index >= 15 is 0 Å². The fraction of sp³-hybridized carbons (Fsp3) is 0.188. The first-order chi connectivity index (χ1) is 9.70. The highest BCUT2D eigenvalue weighted by Gasteiger charge is 2.05. The molecule has 3 nitrogen and oxygen atoms in total. The number of hydrogen-bond donors (Lipinski definition) is 1. The van der Waals surface area contributed by atoms with Crippen LogP contribution in [0.1, 0.15) is 15.9 Å². The zero-order chi connectivity index (χ0) is 14.4. The van der Waals surface area contributed by atoms with Gasteiger partial charge in [-0.3, -0.25) is 4.79 Å². The van der Waals surface area contributed by atoms with Gasteiger partial charge in [-0.05, 0) is 52.2 Å². The van der Waals surface area contributed by atoms with Gasteiger partial charge < -0.3 is 10.1 Å². The predicted molar refractivity (Wildman–Crippen MR) is 83.2 cm³/mol. The topological polar surface area (TPSA) is 38.3 Å². The average molecular weight is 334 g/mol. The summed E-state index contributed by atoms with van der Waals surface area (Å²) in [7, 11) is 1.64. The molecule has 0 aliphatic rings. The van der Waals surface area contributed by atoms with E-state index < -0.39 is 0 Å². The Bertz CT molecular complexity index is 584. The zero-order valence-electron chi connectivity index (χ0n) is 11.2. The van der Waals surface area contributed by atoms with Crippen molar-refractivity contribution in [2.75, 3.05) is 13.7 Å². The van der Waals surface area contributed by atoms with Gasteiger partial charge >= 0.3 is 0 Å². The van der Waals surface area contributed by atoms with E-state index in [0.29, 0.717) is 12.1 Å². The van der Waals surface area contributed by atoms with Gasteiger partial charge in [-0.25, -0.2) is 0 Å². The molecular formula is C16H16BrNO2. The molecule has 0 saturated heterocycles. The molecule has 1 N–H and O–H groups in total. The summed E-state index contributed by atoms with van der Waals surface area (Å²) in [6.45, 7) is 0.604. The number of rotatable bonds is 5. The molecule has 104 valence electrons. The molecule has 0 bridgehead atoms. The second-order valence-corrected chi connectivity index (χ2v) is 5.20. The summed E-state index contributed by atoms with van der Waals surface area (Å²) in [6, 6.07) is 15.1. The summed E-state index contributed by atoms with van der Waals surface area (Å²) in [5, 5.41) is 2.91. The van der Waals surface area contributed by atoms with Gasteiger partial charge in [0.15, 0.2) is 0 Å². The molecular weight excluding hydrogens is 318 g/mol. The van der Waals surface area contributed by atoms with Gasteiger partial charge in [0.25, 0.3) is 5.91 Å². The smallest absolute Gasteiger partial charge is 0.251 e. The largest absolute Gasteiger partial charge is 0.496 e. The monoisotopic (exact) mass is 333 g/mol. The van der Waals surface area contributed by atoms with Crippen LogP contribution in [-0.2, 0) is 6.42 Å². The molecule has 2 aromatic carbocycles. The van der Waals surface area contributed by atoms with Crippen molar-refractivity contribution in [2.45, 2.75) is 6.42 Å². The first kappa shape index (κ1) is 14.6. The minimum atomic E-state index is -0.0434. The highest BCUT2D eigenvalue weighted by Crippen LogP contribution is 2.25. The number of benzene rings is 2. The van der Waals surface area contributed by atoms with Crippen molar-refractivity contribution in [2.24, 2.45) is 0 Å². The molecule has 0 aliphatic heterocycles. The Kier molecular flexibility index (Phi) is 5.18. The summed E-state index contributed by atoms with van der Waals surface area (Å²) < 4.78 is 6.11. The highest BCUT2D eigenvalue weighted by atomic mass is 79.9. The maximum absolute atomic E-state index is 11.9. The number of carbonyl (C=O) groups excluding carboxylic acids is 1. The van der Waals surface area contributed by atoms with E-state index in [9.17, 15) is 4.79 Å². The van der Waals surface area contributed by atoms with Crippen molar-refractivity contribution in [3.05, 3.63) is 64.1 Å². The maximum atomic E-state index is 11.9. The Hall–Kier alpha value is -1.81. The molecule has 4 heteroatoms. The first-order valence-electron chi connectivity index (χ1n) is 6.36. The van der Waals surface area contributed by atoms with Gasteiger partial charge in [-0.15, -0.1) is 0 Å².